The number of benzene rings is 2. The van der Waals surface area contributed by atoms with E-state index in [1.807, 2.05) is 0 Å². The Morgan fingerprint density at radius 1 is 1.00 bits per heavy atom. The third-order valence-electron chi connectivity index (χ3n) is 6.23. The lowest BCUT2D eigenvalue weighted by Gasteiger charge is -2.42. The molecule has 0 unspecified atom stereocenters. The van der Waals surface area contributed by atoms with Crippen molar-refractivity contribution in [2.24, 2.45) is 0 Å². The summed E-state index contributed by atoms with van der Waals surface area (Å²) in [5.41, 5.74) is 5.77. The molecule has 4 heteroatoms. The molecule has 0 radical (unpaired) electrons. The zero-order valence-corrected chi connectivity index (χ0v) is 15.0. The lowest BCUT2D eigenvalue weighted by Crippen LogP contribution is -2.49. The van der Waals surface area contributed by atoms with Gasteiger partial charge in [-0.3, -0.25) is 0 Å². The van der Waals surface area contributed by atoms with Gasteiger partial charge in [0, 0.05) is 50.9 Å². The van der Waals surface area contributed by atoms with E-state index in [9.17, 15) is 0 Å². The van der Waals surface area contributed by atoms with Crippen molar-refractivity contribution in [3.05, 3.63) is 48.0 Å². The van der Waals surface area contributed by atoms with Gasteiger partial charge in [0.05, 0.1) is 18.5 Å². The minimum absolute atomic E-state index is 0.609. The van der Waals surface area contributed by atoms with Crippen LogP contribution < -0.4 is 19.4 Å². The molecule has 130 valence electrons. The summed E-state index contributed by atoms with van der Waals surface area (Å²) in [5.74, 6) is 1.53. The van der Waals surface area contributed by atoms with Gasteiger partial charge in [-0.1, -0.05) is 12.1 Å². The number of ether oxygens (including phenoxy) is 1. The van der Waals surface area contributed by atoms with Gasteiger partial charge in [-0.25, -0.2) is 0 Å². The van der Waals surface area contributed by atoms with Gasteiger partial charge in [0.15, 0.2) is 0 Å². The molecule has 0 aromatic heterocycles. The van der Waals surface area contributed by atoms with Crippen molar-refractivity contribution in [1.29, 1.82) is 0 Å². The Hall–Kier alpha value is -2.36. The Morgan fingerprint density at radius 2 is 1.84 bits per heavy atom. The Labute approximate surface area is 149 Å². The van der Waals surface area contributed by atoms with Gasteiger partial charge < -0.3 is 19.4 Å². The zero-order chi connectivity index (χ0) is 17.0. The summed E-state index contributed by atoms with van der Waals surface area (Å²) in [6, 6.07) is 16.1. The van der Waals surface area contributed by atoms with Crippen LogP contribution >= 0.6 is 0 Å². The number of anilines is 3. The molecule has 0 amide bonds. The summed E-state index contributed by atoms with van der Waals surface area (Å²) in [6.07, 6.45) is 1.23. The Morgan fingerprint density at radius 3 is 2.64 bits per heavy atom. The average molecular weight is 335 g/mol. The molecule has 3 heterocycles. The molecule has 0 saturated carbocycles. The molecule has 1 saturated heterocycles. The van der Waals surface area contributed by atoms with Crippen LogP contribution in [0.1, 0.15) is 17.9 Å². The molecule has 2 aromatic carbocycles. The standard InChI is InChI=1S/C21H25N3O/c1-22-12-13-24-19-10-11-23(15-6-8-16(25-2)9-7-15)14-18(19)17-4-3-5-20(22)21(17)24/h3-9,18-19H,10-14H2,1-2H3/t18-,19-/m0/s1. The van der Waals surface area contributed by atoms with E-state index in [0.717, 1.165) is 31.9 Å². The molecular weight excluding hydrogens is 310 g/mol. The van der Waals surface area contributed by atoms with Crippen molar-refractivity contribution < 1.29 is 4.74 Å². The average Bonchev–Trinajstić information content (AvgIpc) is 2.99. The number of likely N-dealkylation sites (N-methyl/N-ethyl adjacent to an activating group) is 1. The van der Waals surface area contributed by atoms with E-state index in [1.165, 1.54) is 23.5 Å². The second-order valence-corrected chi connectivity index (χ2v) is 7.44. The zero-order valence-electron chi connectivity index (χ0n) is 15.0. The number of piperidine rings is 1. The van der Waals surface area contributed by atoms with E-state index in [2.05, 4.69) is 64.2 Å². The molecule has 4 nitrogen and oxygen atoms in total. The van der Waals surface area contributed by atoms with E-state index >= 15 is 0 Å². The van der Waals surface area contributed by atoms with Gasteiger partial charge in [-0.2, -0.15) is 0 Å². The number of nitrogens with zero attached hydrogens (tertiary/aromatic N) is 3. The van der Waals surface area contributed by atoms with Gasteiger partial charge in [0.2, 0.25) is 0 Å². The first-order valence-corrected chi connectivity index (χ1v) is 9.26. The van der Waals surface area contributed by atoms with Gasteiger partial charge >= 0.3 is 0 Å². The molecule has 2 aromatic rings. The predicted octanol–water partition coefficient (Wildman–Crippen LogP) is 3.33. The summed E-state index contributed by atoms with van der Waals surface area (Å²) in [6.45, 7) is 4.52. The summed E-state index contributed by atoms with van der Waals surface area (Å²) < 4.78 is 5.30. The lowest BCUT2D eigenvalue weighted by atomic mass is 9.88. The van der Waals surface area contributed by atoms with Crippen LogP contribution in [0.15, 0.2) is 42.5 Å². The smallest absolute Gasteiger partial charge is 0.119 e. The highest BCUT2D eigenvalue weighted by atomic mass is 16.5. The van der Waals surface area contributed by atoms with Crippen molar-refractivity contribution in [3.8, 4) is 5.75 Å². The lowest BCUT2D eigenvalue weighted by molar-refractivity contribution is 0.414. The van der Waals surface area contributed by atoms with Gasteiger partial charge in [0.1, 0.15) is 5.75 Å². The Bertz CT molecular complexity index is 788. The predicted molar refractivity (Wildman–Crippen MR) is 103 cm³/mol. The highest BCUT2D eigenvalue weighted by Gasteiger charge is 2.44. The number of fused-ring (bicyclic) bond motifs is 3. The molecule has 0 spiro atoms. The van der Waals surface area contributed by atoms with E-state index in [0.29, 0.717) is 12.0 Å². The molecule has 2 atom stereocenters. The van der Waals surface area contributed by atoms with Crippen LogP contribution in [-0.2, 0) is 0 Å². The first kappa shape index (κ1) is 14.9. The fourth-order valence-electron chi connectivity index (χ4n) is 4.94. The largest absolute Gasteiger partial charge is 0.497 e. The van der Waals surface area contributed by atoms with Gasteiger partial charge in [0.25, 0.3) is 0 Å². The van der Waals surface area contributed by atoms with Crippen LogP contribution in [0.2, 0.25) is 0 Å². The Kier molecular flexibility index (Phi) is 3.34. The quantitative estimate of drug-likeness (QED) is 0.838. The SMILES string of the molecule is COc1ccc(N2CC[C@H]3[C@@H](C2)c2cccc4c2N3CCN4C)cc1. The number of hydrogen-bond donors (Lipinski definition) is 0. The number of methoxy groups -OCH3 is 1. The van der Waals surface area contributed by atoms with E-state index in [1.54, 1.807) is 12.7 Å². The molecule has 3 aliphatic rings. The third-order valence-corrected chi connectivity index (χ3v) is 6.23. The molecule has 0 bridgehead atoms. The van der Waals surface area contributed by atoms with Crippen LogP contribution in [-0.4, -0.2) is 46.4 Å². The molecule has 1 fully saturated rings. The van der Waals surface area contributed by atoms with Gasteiger partial charge in [-0.15, -0.1) is 0 Å². The van der Waals surface area contributed by atoms with Crippen LogP contribution in [0.25, 0.3) is 0 Å². The van der Waals surface area contributed by atoms with Crippen molar-refractivity contribution in [1.82, 2.24) is 0 Å². The maximum absolute atomic E-state index is 5.30. The van der Waals surface area contributed by atoms with Crippen molar-refractivity contribution in [2.45, 2.75) is 18.4 Å². The Balaban J connectivity index is 1.47. The maximum Gasteiger partial charge on any atom is 0.119 e. The van der Waals surface area contributed by atoms with Crippen LogP contribution in [0.5, 0.6) is 5.75 Å². The second kappa shape index (κ2) is 5.58. The number of rotatable bonds is 2. The fourth-order valence-corrected chi connectivity index (χ4v) is 4.94. The monoisotopic (exact) mass is 335 g/mol. The van der Waals surface area contributed by atoms with Crippen molar-refractivity contribution >= 4 is 17.1 Å². The van der Waals surface area contributed by atoms with Crippen LogP contribution in [0.4, 0.5) is 17.1 Å². The fraction of sp³-hybridized carbons (Fsp3) is 0.429. The van der Waals surface area contributed by atoms with Crippen molar-refractivity contribution in [3.63, 3.8) is 0 Å². The third kappa shape index (κ3) is 2.20. The number of hydrogen-bond acceptors (Lipinski definition) is 4. The van der Waals surface area contributed by atoms with Gasteiger partial charge in [-0.05, 0) is 42.3 Å². The summed E-state index contributed by atoms with van der Waals surface area (Å²) in [5, 5.41) is 0. The molecule has 5 rings (SSSR count). The molecule has 3 aliphatic heterocycles. The first-order chi connectivity index (χ1) is 12.3. The maximum atomic E-state index is 5.30. The second-order valence-electron chi connectivity index (χ2n) is 7.44. The van der Waals surface area contributed by atoms with E-state index in [4.69, 9.17) is 4.74 Å². The minimum atomic E-state index is 0.609. The molecule has 0 N–H and O–H groups in total. The summed E-state index contributed by atoms with van der Waals surface area (Å²) in [4.78, 5) is 7.65. The topological polar surface area (TPSA) is 19.0 Å². The molecule has 0 aliphatic carbocycles. The molecule has 25 heavy (non-hydrogen) atoms. The summed E-state index contributed by atoms with van der Waals surface area (Å²) in [7, 11) is 3.94. The summed E-state index contributed by atoms with van der Waals surface area (Å²) >= 11 is 0. The molecular formula is C21H25N3O. The highest BCUT2D eigenvalue weighted by Crippen LogP contribution is 2.50. The minimum Gasteiger partial charge on any atom is -0.497 e. The van der Waals surface area contributed by atoms with E-state index < -0.39 is 0 Å². The first-order valence-electron chi connectivity index (χ1n) is 9.26. The van der Waals surface area contributed by atoms with Crippen LogP contribution in [0.3, 0.4) is 0 Å². The van der Waals surface area contributed by atoms with Crippen molar-refractivity contribution in [2.75, 3.05) is 55.0 Å². The number of para-hydroxylation sites is 1. The van der Waals surface area contributed by atoms with Crippen LogP contribution in [0, 0.1) is 0 Å². The van der Waals surface area contributed by atoms with E-state index in [-0.39, 0.29) is 0 Å². The normalized spacial score (nSPS) is 24.2. The highest BCUT2D eigenvalue weighted by molar-refractivity contribution is 5.81.